The molecule has 6 nitrogen and oxygen atoms in total. The molecule has 1 fully saturated rings. The lowest BCUT2D eigenvalue weighted by Crippen LogP contribution is -2.44. The zero-order valence-corrected chi connectivity index (χ0v) is 6.17. The van der Waals surface area contributed by atoms with E-state index in [1.807, 2.05) is 0 Å². The molecular formula is C6H7N3O3. The Morgan fingerprint density at radius 3 is 3.08 bits per heavy atom. The summed E-state index contributed by atoms with van der Waals surface area (Å²) in [6.07, 6.45) is 1.30. The molecule has 12 heavy (non-hydrogen) atoms. The molecule has 1 unspecified atom stereocenters. The fourth-order valence-corrected chi connectivity index (χ4v) is 1.23. The van der Waals surface area contributed by atoms with Gasteiger partial charge in [0.25, 0.3) is 0 Å². The lowest BCUT2D eigenvalue weighted by atomic mass is 10.0. The van der Waals surface area contributed by atoms with Crippen LogP contribution in [0.3, 0.4) is 0 Å². The molecule has 1 aliphatic rings. The Balaban J connectivity index is 2.12. The van der Waals surface area contributed by atoms with E-state index in [0.29, 0.717) is 12.3 Å². The molecule has 1 aromatic heterocycles. The quantitative estimate of drug-likeness (QED) is 0.661. The second kappa shape index (κ2) is 2.47. The second-order valence-corrected chi connectivity index (χ2v) is 2.60. The summed E-state index contributed by atoms with van der Waals surface area (Å²) in [5.74, 6) is 0.517. The summed E-state index contributed by atoms with van der Waals surface area (Å²) in [4.78, 5) is 11.8. The van der Waals surface area contributed by atoms with E-state index in [1.54, 1.807) is 0 Å². The molecule has 1 N–H and O–H groups in total. The highest BCUT2D eigenvalue weighted by atomic mass is 16.5. The summed E-state index contributed by atoms with van der Waals surface area (Å²) in [6, 6.07) is -0.183. The van der Waals surface area contributed by atoms with E-state index in [-0.39, 0.29) is 6.04 Å². The minimum atomic E-state index is -0.928. The first kappa shape index (κ1) is 7.08. The minimum absolute atomic E-state index is 0.183. The van der Waals surface area contributed by atoms with Crippen LogP contribution in [0.4, 0.5) is 4.79 Å². The van der Waals surface area contributed by atoms with Gasteiger partial charge in [-0.25, -0.2) is 4.79 Å². The number of hydrogen-bond acceptors (Lipinski definition) is 4. The predicted octanol–water partition coefficient (Wildman–Crippen LogP) is 0.494. The SMILES string of the molecule is O=C(O)N1CCC1c1cnno1. The van der Waals surface area contributed by atoms with E-state index in [1.165, 1.54) is 11.1 Å². The maximum atomic E-state index is 10.5. The van der Waals surface area contributed by atoms with Gasteiger partial charge in [0.2, 0.25) is 0 Å². The van der Waals surface area contributed by atoms with E-state index in [0.717, 1.165) is 6.42 Å². The van der Waals surface area contributed by atoms with Crippen molar-refractivity contribution in [2.45, 2.75) is 12.5 Å². The van der Waals surface area contributed by atoms with Crippen LogP contribution in [-0.4, -0.2) is 33.0 Å². The van der Waals surface area contributed by atoms with E-state index < -0.39 is 6.09 Å². The molecule has 0 radical (unpaired) electrons. The first-order valence-corrected chi connectivity index (χ1v) is 3.56. The van der Waals surface area contributed by atoms with Crippen molar-refractivity contribution in [1.29, 1.82) is 0 Å². The summed E-state index contributed by atoms with van der Waals surface area (Å²) >= 11 is 0. The third-order valence-electron chi connectivity index (χ3n) is 1.97. The highest BCUT2D eigenvalue weighted by molar-refractivity contribution is 5.66. The number of likely N-dealkylation sites (tertiary alicyclic amines) is 1. The van der Waals surface area contributed by atoms with Gasteiger partial charge in [-0.1, -0.05) is 0 Å². The van der Waals surface area contributed by atoms with Crippen molar-refractivity contribution in [2.24, 2.45) is 0 Å². The summed E-state index contributed by atoms with van der Waals surface area (Å²) in [5.41, 5.74) is 0. The maximum Gasteiger partial charge on any atom is 0.407 e. The third-order valence-corrected chi connectivity index (χ3v) is 1.97. The highest BCUT2D eigenvalue weighted by Crippen LogP contribution is 2.32. The molecule has 2 rings (SSSR count). The number of amides is 1. The molecule has 0 saturated carbocycles. The predicted molar refractivity (Wildman–Crippen MR) is 36.4 cm³/mol. The number of carbonyl (C=O) groups is 1. The Hall–Kier alpha value is -1.59. The lowest BCUT2D eigenvalue weighted by Gasteiger charge is -2.36. The summed E-state index contributed by atoms with van der Waals surface area (Å²) in [7, 11) is 0. The minimum Gasteiger partial charge on any atom is -0.465 e. The van der Waals surface area contributed by atoms with E-state index in [2.05, 4.69) is 10.4 Å². The van der Waals surface area contributed by atoms with Crippen molar-refractivity contribution >= 4 is 6.09 Å². The maximum absolute atomic E-state index is 10.5. The number of rotatable bonds is 1. The molecule has 1 amide bonds. The van der Waals surface area contributed by atoms with Gasteiger partial charge < -0.3 is 9.63 Å². The van der Waals surface area contributed by atoms with Crippen LogP contribution in [0.25, 0.3) is 0 Å². The number of carboxylic acid groups (broad SMARTS) is 1. The first-order chi connectivity index (χ1) is 5.79. The standard InChI is InChI=1S/C6H7N3O3/c10-6(11)9-2-1-4(9)5-3-7-8-12-5/h3-4H,1-2H2,(H,10,11). The van der Waals surface area contributed by atoms with Crippen LogP contribution < -0.4 is 0 Å². The van der Waals surface area contributed by atoms with Crippen LogP contribution in [0.5, 0.6) is 0 Å². The molecule has 64 valence electrons. The summed E-state index contributed by atoms with van der Waals surface area (Å²) < 4.78 is 4.75. The molecule has 1 aliphatic heterocycles. The van der Waals surface area contributed by atoms with Crippen LogP contribution in [0.1, 0.15) is 18.2 Å². The monoisotopic (exact) mass is 169 g/mol. The van der Waals surface area contributed by atoms with Gasteiger partial charge in [0.15, 0.2) is 5.76 Å². The average molecular weight is 169 g/mol. The molecule has 0 aliphatic carbocycles. The molecule has 6 heteroatoms. The van der Waals surface area contributed by atoms with Crippen molar-refractivity contribution in [3.05, 3.63) is 12.0 Å². The largest absolute Gasteiger partial charge is 0.465 e. The van der Waals surface area contributed by atoms with Crippen LogP contribution in [0, 0.1) is 0 Å². The topological polar surface area (TPSA) is 79.5 Å². The molecule has 0 bridgehead atoms. The Bertz CT molecular complexity index is 284. The number of aromatic nitrogens is 2. The van der Waals surface area contributed by atoms with Crippen molar-refractivity contribution in [3.63, 3.8) is 0 Å². The van der Waals surface area contributed by atoms with E-state index in [9.17, 15) is 4.79 Å². The lowest BCUT2D eigenvalue weighted by molar-refractivity contribution is 0.0616. The second-order valence-electron chi connectivity index (χ2n) is 2.60. The van der Waals surface area contributed by atoms with Gasteiger partial charge in [-0.05, 0) is 6.42 Å². The number of nitrogens with zero attached hydrogens (tertiary/aromatic N) is 3. The summed E-state index contributed by atoms with van der Waals surface area (Å²) in [6.45, 7) is 0.556. The number of hydrogen-bond donors (Lipinski definition) is 1. The Labute approximate surface area is 67.8 Å². The zero-order chi connectivity index (χ0) is 8.55. The van der Waals surface area contributed by atoms with Crippen molar-refractivity contribution < 1.29 is 14.4 Å². The van der Waals surface area contributed by atoms with Gasteiger partial charge in [0.1, 0.15) is 0 Å². The van der Waals surface area contributed by atoms with Gasteiger partial charge in [0, 0.05) is 11.8 Å². The van der Waals surface area contributed by atoms with Crippen molar-refractivity contribution in [1.82, 2.24) is 15.3 Å². The molecule has 1 aromatic rings. The van der Waals surface area contributed by atoms with Crippen molar-refractivity contribution in [2.75, 3.05) is 6.54 Å². The molecule has 2 heterocycles. The fourth-order valence-electron chi connectivity index (χ4n) is 1.23. The highest BCUT2D eigenvalue weighted by Gasteiger charge is 2.35. The summed E-state index contributed by atoms with van der Waals surface area (Å²) in [5, 5.41) is 15.4. The van der Waals surface area contributed by atoms with Gasteiger partial charge in [0.05, 0.1) is 12.2 Å². The van der Waals surface area contributed by atoms with Gasteiger partial charge >= 0.3 is 6.09 Å². The van der Waals surface area contributed by atoms with Gasteiger partial charge in [-0.3, -0.25) is 4.90 Å². The van der Waals surface area contributed by atoms with Crippen LogP contribution in [0.15, 0.2) is 10.7 Å². The Morgan fingerprint density at radius 1 is 1.83 bits per heavy atom. The van der Waals surface area contributed by atoms with E-state index in [4.69, 9.17) is 9.63 Å². The Morgan fingerprint density at radius 2 is 2.67 bits per heavy atom. The normalized spacial score (nSPS) is 22.0. The van der Waals surface area contributed by atoms with Crippen LogP contribution in [0.2, 0.25) is 0 Å². The van der Waals surface area contributed by atoms with Crippen LogP contribution >= 0.6 is 0 Å². The molecule has 0 spiro atoms. The van der Waals surface area contributed by atoms with Crippen molar-refractivity contribution in [3.8, 4) is 0 Å². The average Bonchev–Trinajstić information content (AvgIpc) is 2.35. The third kappa shape index (κ3) is 0.919. The molecular weight excluding hydrogens is 162 g/mol. The van der Waals surface area contributed by atoms with Crippen LogP contribution in [-0.2, 0) is 0 Å². The Kier molecular flexibility index (Phi) is 1.46. The molecule has 1 atom stereocenters. The molecule has 1 saturated heterocycles. The smallest absolute Gasteiger partial charge is 0.407 e. The van der Waals surface area contributed by atoms with Gasteiger partial charge in [-0.2, -0.15) is 0 Å². The fraction of sp³-hybridized carbons (Fsp3) is 0.500. The van der Waals surface area contributed by atoms with E-state index >= 15 is 0 Å². The van der Waals surface area contributed by atoms with Gasteiger partial charge in [-0.15, -0.1) is 5.10 Å². The first-order valence-electron chi connectivity index (χ1n) is 3.56. The molecule has 0 aromatic carbocycles. The zero-order valence-electron chi connectivity index (χ0n) is 6.17.